The molecule has 0 saturated carbocycles. The molecule has 0 atom stereocenters. The van der Waals surface area contributed by atoms with Crippen LogP contribution in [-0.4, -0.2) is 33.5 Å². The summed E-state index contributed by atoms with van der Waals surface area (Å²) in [5.41, 5.74) is 5.97. The number of nitrogens with two attached hydrogens (primary N) is 1. The van der Waals surface area contributed by atoms with Crippen molar-refractivity contribution < 1.29 is 18.6 Å². The first-order valence-corrected chi connectivity index (χ1v) is 5.97. The van der Waals surface area contributed by atoms with E-state index >= 15 is 0 Å². The first-order valence-electron chi connectivity index (χ1n) is 5.59. The molecule has 0 aliphatic rings. The van der Waals surface area contributed by atoms with Crippen molar-refractivity contribution in [2.75, 3.05) is 39.3 Å². The van der Waals surface area contributed by atoms with Gasteiger partial charge in [0.25, 0.3) is 0 Å². The van der Waals surface area contributed by atoms with E-state index in [1.54, 1.807) is 7.11 Å². The zero-order chi connectivity index (χ0) is 13.4. The molecule has 1 rings (SSSR count). The van der Waals surface area contributed by atoms with E-state index in [1.165, 1.54) is 12.1 Å². The molecule has 0 aromatic heterocycles. The molecule has 0 aliphatic heterocycles. The summed E-state index contributed by atoms with van der Waals surface area (Å²) in [6.45, 7) is 2.07. The Morgan fingerprint density at radius 1 is 1.22 bits per heavy atom. The molecule has 0 unspecified atom stereocenters. The molecule has 4 nitrogen and oxygen atoms in total. The predicted molar refractivity (Wildman–Crippen MR) is 68.6 cm³/mol. The zero-order valence-corrected chi connectivity index (χ0v) is 11.0. The smallest absolute Gasteiger partial charge is 0.145 e. The summed E-state index contributed by atoms with van der Waals surface area (Å²) in [7, 11) is 1.62. The molecule has 0 spiro atoms. The van der Waals surface area contributed by atoms with Crippen molar-refractivity contribution in [3.63, 3.8) is 0 Å². The Bertz CT molecular complexity index is 377. The van der Waals surface area contributed by atoms with Crippen LogP contribution in [0.15, 0.2) is 12.1 Å². The summed E-state index contributed by atoms with van der Waals surface area (Å²) in [6, 6.07) is 2.52. The van der Waals surface area contributed by atoms with Gasteiger partial charge in [0.05, 0.1) is 30.5 Å². The molecule has 2 N–H and O–H groups in total. The van der Waals surface area contributed by atoms with Crippen molar-refractivity contribution in [1.82, 2.24) is 0 Å². The average Bonchev–Trinajstić information content (AvgIpc) is 2.34. The van der Waals surface area contributed by atoms with Crippen LogP contribution >= 0.6 is 11.6 Å². The van der Waals surface area contributed by atoms with E-state index in [1.807, 2.05) is 0 Å². The van der Waals surface area contributed by atoms with E-state index in [4.69, 9.17) is 31.5 Å². The molecule has 0 aliphatic carbocycles. The molecule has 1 aromatic rings. The highest BCUT2D eigenvalue weighted by molar-refractivity contribution is 6.31. The topological polar surface area (TPSA) is 53.7 Å². The fraction of sp³-hybridized carbons (Fsp3) is 0.500. The van der Waals surface area contributed by atoms with E-state index in [0.29, 0.717) is 44.3 Å². The Morgan fingerprint density at radius 2 is 2.00 bits per heavy atom. The molecular formula is C12H17ClFNO3. The van der Waals surface area contributed by atoms with E-state index in [9.17, 15) is 4.39 Å². The molecule has 0 fully saturated rings. The monoisotopic (exact) mass is 277 g/mol. The van der Waals surface area contributed by atoms with Crippen LogP contribution in [0.5, 0.6) is 5.75 Å². The van der Waals surface area contributed by atoms with E-state index < -0.39 is 5.82 Å². The van der Waals surface area contributed by atoms with Crippen LogP contribution in [0.2, 0.25) is 5.02 Å². The SMILES string of the molecule is COCCOCCCOc1cc(F)c(Cl)cc1N. The quantitative estimate of drug-likeness (QED) is 0.586. The maximum atomic E-state index is 13.2. The highest BCUT2D eigenvalue weighted by atomic mass is 35.5. The van der Waals surface area contributed by atoms with Crippen molar-refractivity contribution in [3.05, 3.63) is 23.0 Å². The van der Waals surface area contributed by atoms with Gasteiger partial charge in [0, 0.05) is 26.2 Å². The number of hydrogen-bond donors (Lipinski definition) is 1. The summed E-state index contributed by atoms with van der Waals surface area (Å²) < 4.78 is 28.6. The maximum Gasteiger partial charge on any atom is 0.145 e. The second-order valence-electron chi connectivity index (χ2n) is 3.61. The maximum absolute atomic E-state index is 13.2. The number of anilines is 1. The van der Waals surface area contributed by atoms with Gasteiger partial charge in [-0.1, -0.05) is 11.6 Å². The fourth-order valence-corrected chi connectivity index (χ4v) is 1.43. The number of rotatable bonds is 8. The van der Waals surface area contributed by atoms with Gasteiger partial charge in [0.15, 0.2) is 0 Å². The minimum absolute atomic E-state index is 0.0113. The Morgan fingerprint density at radius 3 is 2.72 bits per heavy atom. The summed E-state index contributed by atoms with van der Waals surface area (Å²) in [6.07, 6.45) is 0.688. The van der Waals surface area contributed by atoms with E-state index in [0.717, 1.165) is 0 Å². The normalized spacial score (nSPS) is 10.6. The Hall–Kier alpha value is -1.04. The lowest BCUT2D eigenvalue weighted by molar-refractivity contribution is 0.0644. The molecule has 0 saturated heterocycles. The first-order chi connectivity index (χ1) is 8.65. The molecule has 1 aromatic carbocycles. The van der Waals surface area contributed by atoms with Gasteiger partial charge in [-0.05, 0) is 6.07 Å². The fourth-order valence-electron chi connectivity index (χ4n) is 1.26. The lowest BCUT2D eigenvalue weighted by atomic mass is 10.3. The first kappa shape index (κ1) is 15.0. The average molecular weight is 278 g/mol. The van der Waals surface area contributed by atoms with Crippen molar-refractivity contribution in [2.24, 2.45) is 0 Å². The number of halogens is 2. The van der Waals surface area contributed by atoms with Gasteiger partial charge >= 0.3 is 0 Å². The van der Waals surface area contributed by atoms with Crippen LogP contribution in [0.4, 0.5) is 10.1 Å². The highest BCUT2D eigenvalue weighted by Crippen LogP contribution is 2.28. The number of hydrogen-bond acceptors (Lipinski definition) is 4. The third kappa shape index (κ3) is 5.08. The standard InChI is InChI=1S/C12H17ClFNO3/c1-16-5-6-17-3-2-4-18-12-8-10(14)9(13)7-11(12)15/h7-8H,2-6,15H2,1H3. The Labute approximate surface area is 111 Å². The minimum atomic E-state index is -0.544. The molecule has 0 amide bonds. The number of methoxy groups -OCH3 is 1. The van der Waals surface area contributed by atoms with Gasteiger partial charge in [-0.15, -0.1) is 0 Å². The van der Waals surface area contributed by atoms with Gasteiger partial charge in [0.2, 0.25) is 0 Å². The second kappa shape index (κ2) is 8.13. The summed E-state index contributed by atoms with van der Waals surface area (Å²) in [4.78, 5) is 0. The van der Waals surface area contributed by atoms with Crippen LogP contribution < -0.4 is 10.5 Å². The van der Waals surface area contributed by atoms with Crippen molar-refractivity contribution in [2.45, 2.75) is 6.42 Å². The van der Waals surface area contributed by atoms with E-state index in [2.05, 4.69) is 0 Å². The molecule has 0 bridgehead atoms. The van der Waals surface area contributed by atoms with Crippen LogP contribution in [0.1, 0.15) is 6.42 Å². The summed E-state index contributed by atoms with van der Waals surface area (Å²) >= 11 is 5.58. The highest BCUT2D eigenvalue weighted by Gasteiger charge is 2.07. The molecule has 0 radical (unpaired) electrons. The number of benzene rings is 1. The van der Waals surface area contributed by atoms with Gasteiger partial charge in [-0.25, -0.2) is 4.39 Å². The summed E-state index contributed by atoms with van der Waals surface area (Å²) in [5.74, 6) is -0.244. The van der Waals surface area contributed by atoms with Gasteiger partial charge in [-0.3, -0.25) is 0 Å². The molecule has 6 heteroatoms. The summed E-state index contributed by atoms with van der Waals surface area (Å²) in [5, 5.41) is -0.0113. The molecule has 18 heavy (non-hydrogen) atoms. The Kier molecular flexibility index (Phi) is 6.78. The predicted octanol–water partition coefficient (Wildman–Crippen LogP) is 2.49. The van der Waals surface area contributed by atoms with Gasteiger partial charge in [0.1, 0.15) is 11.6 Å². The van der Waals surface area contributed by atoms with Gasteiger partial charge in [-0.2, -0.15) is 0 Å². The van der Waals surface area contributed by atoms with Crippen LogP contribution in [0.3, 0.4) is 0 Å². The van der Waals surface area contributed by atoms with E-state index in [-0.39, 0.29) is 5.02 Å². The number of nitrogen functional groups attached to an aromatic ring is 1. The van der Waals surface area contributed by atoms with Crippen molar-refractivity contribution in [1.29, 1.82) is 0 Å². The molecule has 0 heterocycles. The molecular weight excluding hydrogens is 261 g/mol. The third-order valence-electron chi connectivity index (χ3n) is 2.18. The lowest BCUT2D eigenvalue weighted by Gasteiger charge is -2.09. The largest absolute Gasteiger partial charge is 0.491 e. The minimum Gasteiger partial charge on any atom is -0.491 e. The lowest BCUT2D eigenvalue weighted by Crippen LogP contribution is -2.07. The van der Waals surface area contributed by atoms with Crippen LogP contribution in [0.25, 0.3) is 0 Å². The van der Waals surface area contributed by atoms with Crippen LogP contribution in [-0.2, 0) is 9.47 Å². The van der Waals surface area contributed by atoms with Crippen molar-refractivity contribution >= 4 is 17.3 Å². The van der Waals surface area contributed by atoms with Crippen molar-refractivity contribution in [3.8, 4) is 5.75 Å². The third-order valence-corrected chi connectivity index (χ3v) is 2.46. The molecule has 102 valence electrons. The second-order valence-corrected chi connectivity index (χ2v) is 4.02. The van der Waals surface area contributed by atoms with Crippen LogP contribution in [0, 0.1) is 5.82 Å². The number of ether oxygens (including phenoxy) is 3. The Balaban J connectivity index is 2.25. The van der Waals surface area contributed by atoms with Gasteiger partial charge < -0.3 is 19.9 Å². The zero-order valence-electron chi connectivity index (χ0n) is 10.2.